The van der Waals surface area contributed by atoms with E-state index in [0.29, 0.717) is 18.9 Å². The highest BCUT2D eigenvalue weighted by Crippen LogP contribution is 2.22. The summed E-state index contributed by atoms with van der Waals surface area (Å²) in [5.74, 6) is 0.582. The molecule has 5 heteroatoms. The molecule has 3 amide bonds. The van der Waals surface area contributed by atoms with Gasteiger partial charge in [0.2, 0.25) is 5.91 Å². The molecule has 3 aromatic rings. The zero-order valence-electron chi connectivity index (χ0n) is 19.5. The molecule has 4 rings (SSSR count). The van der Waals surface area contributed by atoms with E-state index in [9.17, 15) is 9.59 Å². The second-order valence-corrected chi connectivity index (χ2v) is 9.01. The smallest absolute Gasteiger partial charge is 0.315 e. The molecular weight excluding hydrogens is 422 g/mol. The number of hydrogen-bond acceptors (Lipinski definition) is 2. The number of benzene rings is 3. The summed E-state index contributed by atoms with van der Waals surface area (Å²) in [6.07, 6.45) is 3.50. The minimum Gasteiger partial charge on any atom is -0.341 e. The summed E-state index contributed by atoms with van der Waals surface area (Å²) in [7, 11) is 0. The summed E-state index contributed by atoms with van der Waals surface area (Å²) in [5.41, 5.74) is 3.40. The fourth-order valence-electron chi connectivity index (χ4n) is 4.56. The first-order valence-corrected chi connectivity index (χ1v) is 12.1. The third-order valence-electron chi connectivity index (χ3n) is 6.48. The normalized spacial score (nSPS) is 14.9. The molecule has 1 aliphatic heterocycles. The van der Waals surface area contributed by atoms with Crippen molar-refractivity contribution in [2.45, 2.75) is 38.3 Å². The maximum Gasteiger partial charge on any atom is 0.315 e. The van der Waals surface area contributed by atoms with Gasteiger partial charge in [-0.15, -0.1) is 0 Å². The molecule has 5 nitrogen and oxygen atoms in total. The van der Waals surface area contributed by atoms with Crippen molar-refractivity contribution in [2.75, 3.05) is 13.1 Å². The Balaban J connectivity index is 1.35. The Bertz CT molecular complexity index is 1030. The number of hydrogen-bond donors (Lipinski definition) is 2. The van der Waals surface area contributed by atoms with Crippen molar-refractivity contribution >= 4 is 11.9 Å². The van der Waals surface area contributed by atoms with Crippen molar-refractivity contribution < 1.29 is 9.59 Å². The second kappa shape index (κ2) is 12.0. The number of carbonyl (C=O) groups excluding carboxylic acids is 2. The van der Waals surface area contributed by atoms with E-state index >= 15 is 0 Å². The molecule has 0 spiro atoms. The molecule has 0 radical (unpaired) electrons. The Labute approximate surface area is 202 Å². The minimum absolute atomic E-state index is 0.00289. The van der Waals surface area contributed by atoms with Gasteiger partial charge in [0.15, 0.2) is 0 Å². The van der Waals surface area contributed by atoms with Gasteiger partial charge in [0.1, 0.15) is 6.04 Å². The first kappa shape index (κ1) is 23.6. The van der Waals surface area contributed by atoms with E-state index < -0.39 is 6.04 Å². The highest BCUT2D eigenvalue weighted by molar-refractivity contribution is 5.87. The molecule has 0 bridgehead atoms. The molecule has 2 N–H and O–H groups in total. The summed E-state index contributed by atoms with van der Waals surface area (Å²) in [6.45, 7) is 1.88. The summed E-state index contributed by atoms with van der Waals surface area (Å²) in [6, 6.07) is 29.3. The van der Waals surface area contributed by atoms with Gasteiger partial charge in [-0.25, -0.2) is 4.79 Å². The summed E-state index contributed by atoms with van der Waals surface area (Å²) >= 11 is 0. The molecule has 0 aromatic heterocycles. The van der Waals surface area contributed by atoms with Gasteiger partial charge in [0.25, 0.3) is 0 Å². The van der Waals surface area contributed by atoms with E-state index in [-0.39, 0.29) is 11.9 Å². The number of amides is 3. The van der Waals surface area contributed by atoms with Crippen LogP contribution in [0.1, 0.15) is 29.5 Å². The fourth-order valence-corrected chi connectivity index (χ4v) is 4.56. The highest BCUT2D eigenvalue weighted by atomic mass is 16.2. The monoisotopic (exact) mass is 455 g/mol. The summed E-state index contributed by atoms with van der Waals surface area (Å²) in [5, 5.41) is 5.83. The van der Waals surface area contributed by atoms with Crippen LogP contribution < -0.4 is 10.6 Å². The summed E-state index contributed by atoms with van der Waals surface area (Å²) < 4.78 is 0. The van der Waals surface area contributed by atoms with Crippen LogP contribution in [0.4, 0.5) is 4.79 Å². The van der Waals surface area contributed by atoms with E-state index in [2.05, 4.69) is 34.9 Å². The average molecular weight is 456 g/mol. The van der Waals surface area contributed by atoms with Gasteiger partial charge in [-0.1, -0.05) is 91.0 Å². The van der Waals surface area contributed by atoms with Crippen LogP contribution in [0, 0.1) is 5.92 Å². The van der Waals surface area contributed by atoms with Gasteiger partial charge < -0.3 is 15.5 Å². The third-order valence-corrected chi connectivity index (χ3v) is 6.48. The largest absolute Gasteiger partial charge is 0.341 e. The molecule has 176 valence electrons. The minimum atomic E-state index is -0.594. The quantitative estimate of drug-likeness (QED) is 0.522. The van der Waals surface area contributed by atoms with E-state index in [4.69, 9.17) is 0 Å². The predicted molar refractivity (Wildman–Crippen MR) is 135 cm³/mol. The van der Waals surface area contributed by atoms with E-state index in [1.54, 1.807) is 0 Å². The van der Waals surface area contributed by atoms with Crippen LogP contribution >= 0.6 is 0 Å². The molecule has 1 atom stereocenters. The number of carbonyl (C=O) groups is 2. The third kappa shape index (κ3) is 6.95. The summed E-state index contributed by atoms with van der Waals surface area (Å²) in [4.78, 5) is 28.1. The number of urea groups is 1. The number of piperidine rings is 1. The maximum absolute atomic E-state index is 13.5. The molecular formula is C29H33N3O2. The first-order chi connectivity index (χ1) is 16.7. The van der Waals surface area contributed by atoms with Crippen LogP contribution in [-0.2, 0) is 24.2 Å². The van der Waals surface area contributed by atoms with E-state index in [1.165, 1.54) is 5.56 Å². The van der Waals surface area contributed by atoms with Crippen molar-refractivity contribution in [3.05, 3.63) is 108 Å². The van der Waals surface area contributed by atoms with E-state index in [1.807, 2.05) is 71.6 Å². The number of rotatable bonds is 8. The van der Waals surface area contributed by atoms with Gasteiger partial charge in [-0.2, -0.15) is 0 Å². The molecule has 1 aliphatic rings. The average Bonchev–Trinajstić information content (AvgIpc) is 2.89. The highest BCUT2D eigenvalue weighted by Gasteiger charge is 2.29. The molecule has 0 aliphatic carbocycles. The van der Waals surface area contributed by atoms with Gasteiger partial charge in [0, 0.05) is 26.1 Å². The van der Waals surface area contributed by atoms with Crippen molar-refractivity contribution in [1.82, 2.24) is 15.5 Å². The van der Waals surface area contributed by atoms with Crippen LogP contribution in [0.3, 0.4) is 0 Å². The lowest BCUT2D eigenvalue weighted by molar-refractivity contribution is -0.134. The molecule has 1 unspecified atom stereocenters. The van der Waals surface area contributed by atoms with Crippen LogP contribution in [0.15, 0.2) is 91.0 Å². The van der Waals surface area contributed by atoms with Gasteiger partial charge in [-0.3, -0.25) is 4.79 Å². The Hall–Kier alpha value is -3.60. The fraction of sp³-hybridized carbons (Fsp3) is 0.310. The van der Waals surface area contributed by atoms with Crippen molar-refractivity contribution in [2.24, 2.45) is 5.92 Å². The Morgan fingerprint density at radius 3 is 1.88 bits per heavy atom. The van der Waals surface area contributed by atoms with Crippen LogP contribution in [-0.4, -0.2) is 36.0 Å². The molecule has 1 heterocycles. The molecule has 1 fully saturated rings. The van der Waals surface area contributed by atoms with E-state index in [0.717, 1.165) is 43.5 Å². The zero-order valence-corrected chi connectivity index (χ0v) is 19.5. The van der Waals surface area contributed by atoms with Crippen LogP contribution in [0.5, 0.6) is 0 Å². The van der Waals surface area contributed by atoms with Gasteiger partial charge in [0.05, 0.1) is 0 Å². The second-order valence-electron chi connectivity index (χ2n) is 9.01. The van der Waals surface area contributed by atoms with Crippen molar-refractivity contribution in [3.63, 3.8) is 0 Å². The van der Waals surface area contributed by atoms with Gasteiger partial charge in [-0.05, 0) is 41.9 Å². The molecule has 34 heavy (non-hydrogen) atoms. The van der Waals surface area contributed by atoms with Crippen LogP contribution in [0.2, 0.25) is 0 Å². The van der Waals surface area contributed by atoms with Gasteiger partial charge >= 0.3 is 6.03 Å². The topological polar surface area (TPSA) is 61.4 Å². The molecule has 3 aromatic carbocycles. The molecule has 1 saturated heterocycles. The SMILES string of the molecule is O=C(NCc1ccccc1)NC(Cc1ccccc1)C(=O)N1CCC(Cc2ccccc2)CC1. The van der Waals surface area contributed by atoms with Crippen molar-refractivity contribution in [3.8, 4) is 0 Å². The lowest BCUT2D eigenvalue weighted by Crippen LogP contribution is -2.53. The predicted octanol–water partition coefficient (Wildman–Crippen LogP) is 4.58. The number of nitrogens with zero attached hydrogens (tertiary/aromatic N) is 1. The number of likely N-dealkylation sites (tertiary alicyclic amines) is 1. The van der Waals surface area contributed by atoms with Crippen LogP contribution in [0.25, 0.3) is 0 Å². The standard InChI is InChI=1S/C29H33N3O2/c33-28(32-18-16-25(17-19-32)20-23-10-4-1-5-11-23)27(21-24-12-6-2-7-13-24)31-29(34)30-22-26-14-8-3-9-15-26/h1-15,25,27H,16-22H2,(H2,30,31,34). The Morgan fingerprint density at radius 2 is 1.29 bits per heavy atom. The molecule has 0 saturated carbocycles. The maximum atomic E-state index is 13.5. The zero-order chi connectivity index (χ0) is 23.6. The Kier molecular flexibility index (Phi) is 8.33. The lowest BCUT2D eigenvalue weighted by Gasteiger charge is -2.34. The Morgan fingerprint density at radius 1 is 0.765 bits per heavy atom. The lowest BCUT2D eigenvalue weighted by atomic mass is 9.90. The van der Waals surface area contributed by atoms with Crippen molar-refractivity contribution in [1.29, 1.82) is 0 Å². The number of nitrogens with one attached hydrogen (secondary N) is 2. The first-order valence-electron chi connectivity index (χ1n) is 12.1.